The molecule has 3 nitrogen and oxygen atoms in total. The number of aromatic nitrogens is 1. The van der Waals surface area contributed by atoms with Crippen LogP contribution in [0.15, 0.2) is 60.8 Å². The van der Waals surface area contributed by atoms with Crippen LogP contribution in [0.3, 0.4) is 0 Å². The number of hydrogen-bond donors (Lipinski definition) is 1. The summed E-state index contributed by atoms with van der Waals surface area (Å²) in [6, 6.07) is 16.7. The van der Waals surface area contributed by atoms with Gasteiger partial charge in [0.15, 0.2) is 0 Å². The first-order chi connectivity index (χ1) is 11.2. The highest BCUT2D eigenvalue weighted by Gasteiger charge is 2.12. The molecule has 1 heterocycles. The van der Waals surface area contributed by atoms with Crippen LogP contribution >= 0.6 is 0 Å². The molecule has 0 aliphatic rings. The lowest BCUT2D eigenvalue weighted by atomic mass is 10.1. The molecule has 0 spiro atoms. The number of hydrogen-bond acceptors (Lipinski definition) is 2. The van der Waals surface area contributed by atoms with Crippen LogP contribution in [0.1, 0.15) is 0 Å². The summed E-state index contributed by atoms with van der Waals surface area (Å²) in [5, 5.41) is 3.14. The number of nitrogen functional groups attached to an aromatic ring is 1. The molecule has 3 aromatic carbocycles. The van der Waals surface area contributed by atoms with Gasteiger partial charge in [-0.2, -0.15) is 0 Å². The van der Waals surface area contributed by atoms with Gasteiger partial charge in [-0.25, -0.2) is 4.39 Å². The molecule has 0 aliphatic carbocycles. The number of methoxy groups -OCH3 is 1. The molecule has 23 heavy (non-hydrogen) atoms. The summed E-state index contributed by atoms with van der Waals surface area (Å²) in [7, 11) is 1.66. The number of nitrogens with zero attached hydrogens (tertiary/aromatic N) is 1. The normalized spacial score (nSPS) is 11.2. The fourth-order valence-electron chi connectivity index (χ4n) is 3.07. The minimum absolute atomic E-state index is 0.345. The number of ether oxygens (including phenoxy) is 1. The van der Waals surface area contributed by atoms with E-state index in [1.165, 1.54) is 6.07 Å². The van der Waals surface area contributed by atoms with Gasteiger partial charge >= 0.3 is 0 Å². The van der Waals surface area contributed by atoms with Gasteiger partial charge in [-0.15, -0.1) is 0 Å². The molecule has 0 amide bonds. The Morgan fingerprint density at radius 1 is 1.04 bits per heavy atom. The van der Waals surface area contributed by atoms with Gasteiger partial charge in [0.25, 0.3) is 0 Å². The summed E-state index contributed by atoms with van der Waals surface area (Å²) in [6.07, 6.45) is 1.87. The molecule has 0 atom stereocenters. The predicted octanol–water partition coefficient (Wildman–Crippen LogP) is 4.51. The van der Waals surface area contributed by atoms with Crippen LogP contribution < -0.4 is 10.5 Å². The molecule has 4 aromatic rings. The zero-order valence-corrected chi connectivity index (χ0v) is 12.6. The van der Waals surface area contributed by atoms with Gasteiger partial charge < -0.3 is 15.0 Å². The molecule has 1 aromatic heterocycles. The van der Waals surface area contributed by atoms with Crippen molar-refractivity contribution < 1.29 is 9.13 Å². The molecule has 0 aliphatic heterocycles. The lowest BCUT2D eigenvalue weighted by molar-refractivity contribution is 0.420. The Morgan fingerprint density at radius 3 is 2.70 bits per heavy atom. The van der Waals surface area contributed by atoms with E-state index in [0.717, 1.165) is 27.4 Å². The average Bonchev–Trinajstić information content (AvgIpc) is 2.98. The molecule has 2 N–H and O–H groups in total. The fraction of sp³-hybridized carbons (Fsp3) is 0.0526. The predicted molar refractivity (Wildman–Crippen MR) is 91.7 cm³/mol. The van der Waals surface area contributed by atoms with Crippen molar-refractivity contribution in [1.29, 1.82) is 0 Å². The van der Waals surface area contributed by atoms with Crippen LogP contribution in [0.5, 0.6) is 5.75 Å². The van der Waals surface area contributed by atoms with Crippen molar-refractivity contribution >= 4 is 27.4 Å². The largest absolute Gasteiger partial charge is 0.496 e. The first kappa shape index (κ1) is 13.6. The Bertz CT molecular complexity index is 1040. The number of benzene rings is 3. The second-order valence-corrected chi connectivity index (χ2v) is 5.45. The lowest BCUT2D eigenvalue weighted by Crippen LogP contribution is -1.97. The topological polar surface area (TPSA) is 40.2 Å². The van der Waals surface area contributed by atoms with Gasteiger partial charge in [0.05, 0.1) is 18.3 Å². The molecule has 114 valence electrons. The van der Waals surface area contributed by atoms with Gasteiger partial charge in [-0.3, -0.25) is 0 Å². The third-order valence-corrected chi connectivity index (χ3v) is 4.13. The number of anilines is 1. The minimum Gasteiger partial charge on any atom is -0.496 e. The minimum atomic E-state index is -0.345. The van der Waals surface area contributed by atoms with Crippen LogP contribution in [0.25, 0.3) is 27.4 Å². The van der Waals surface area contributed by atoms with E-state index in [4.69, 9.17) is 10.5 Å². The number of halogens is 1. The maximum atomic E-state index is 14.3. The van der Waals surface area contributed by atoms with Gasteiger partial charge in [0.1, 0.15) is 11.6 Å². The van der Waals surface area contributed by atoms with Crippen molar-refractivity contribution in [2.24, 2.45) is 0 Å². The second-order valence-electron chi connectivity index (χ2n) is 5.45. The van der Waals surface area contributed by atoms with E-state index in [1.54, 1.807) is 19.2 Å². The molecule has 0 unspecified atom stereocenters. The number of fused-ring (bicyclic) bond motifs is 3. The number of nitrogens with two attached hydrogens (primary N) is 1. The van der Waals surface area contributed by atoms with E-state index in [9.17, 15) is 4.39 Å². The molecule has 0 bridgehead atoms. The van der Waals surface area contributed by atoms with E-state index in [0.29, 0.717) is 11.4 Å². The zero-order chi connectivity index (χ0) is 16.0. The summed E-state index contributed by atoms with van der Waals surface area (Å²) in [4.78, 5) is 0. The Kier molecular flexibility index (Phi) is 2.98. The molecule has 0 saturated heterocycles. The fourth-order valence-corrected chi connectivity index (χ4v) is 3.07. The van der Waals surface area contributed by atoms with Crippen LogP contribution in [-0.2, 0) is 0 Å². The summed E-state index contributed by atoms with van der Waals surface area (Å²) in [6.45, 7) is 0. The third-order valence-electron chi connectivity index (χ3n) is 4.13. The highest BCUT2D eigenvalue weighted by molar-refractivity contribution is 6.10. The Morgan fingerprint density at radius 2 is 1.91 bits per heavy atom. The van der Waals surface area contributed by atoms with Crippen LogP contribution in [0.2, 0.25) is 0 Å². The lowest BCUT2D eigenvalue weighted by Gasteiger charge is -2.10. The highest BCUT2D eigenvalue weighted by atomic mass is 19.1. The van der Waals surface area contributed by atoms with Gasteiger partial charge in [0, 0.05) is 22.7 Å². The van der Waals surface area contributed by atoms with E-state index in [-0.39, 0.29) is 5.82 Å². The zero-order valence-electron chi connectivity index (χ0n) is 12.6. The van der Waals surface area contributed by atoms with Crippen molar-refractivity contribution in [3.8, 4) is 11.4 Å². The van der Waals surface area contributed by atoms with Crippen LogP contribution in [-0.4, -0.2) is 11.7 Å². The van der Waals surface area contributed by atoms with Crippen molar-refractivity contribution in [2.75, 3.05) is 12.8 Å². The van der Waals surface area contributed by atoms with E-state index in [2.05, 4.69) is 0 Å². The van der Waals surface area contributed by atoms with E-state index < -0.39 is 0 Å². The van der Waals surface area contributed by atoms with Gasteiger partial charge in [-0.1, -0.05) is 18.2 Å². The Hall–Kier alpha value is -3.01. The van der Waals surface area contributed by atoms with Crippen molar-refractivity contribution in [3.63, 3.8) is 0 Å². The maximum Gasteiger partial charge on any atom is 0.149 e. The molecular weight excluding hydrogens is 291 g/mol. The molecule has 0 saturated carbocycles. The van der Waals surface area contributed by atoms with Gasteiger partial charge in [-0.05, 0) is 41.8 Å². The first-order valence-electron chi connectivity index (χ1n) is 7.31. The van der Waals surface area contributed by atoms with E-state index >= 15 is 0 Å². The summed E-state index contributed by atoms with van der Waals surface area (Å²) < 4.78 is 21.6. The Balaban J connectivity index is 2.06. The maximum absolute atomic E-state index is 14.3. The SMILES string of the molecule is COc1cccc2ccc3c(ccn3-c3ccc(N)cc3F)c12. The molecule has 0 fully saturated rings. The second kappa shape index (κ2) is 5.02. The summed E-state index contributed by atoms with van der Waals surface area (Å²) in [5.41, 5.74) is 7.45. The van der Waals surface area contributed by atoms with Crippen LogP contribution in [0, 0.1) is 5.82 Å². The van der Waals surface area contributed by atoms with Crippen molar-refractivity contribution in [1.82, 2.24) is 4.57 Å². The third kappa shape index (κ3) is 2.03. The van der Waals surface area contributed by atoms with Crippen molar-refractivity contribution in [2.45, 2.75) is 0 Å². The molecule has 0 radical (unpaired) electrons. The quantitative estimate of drug-likeness (QED) is 0.553. The molecule has 4 rings (SSSR count). The Labute approximate surface area is 132 Å². The highest BCUT2D eigenvalue weighted by Crippen LogP contribution is 2.34. The van der Waals surface area contributed by atoms with Crippen LogP contribution in [0.4, 0.5) is 10.1 Å². The standard InChI is InChI=1S/C19H15FN2O/c1-23-18-4-2-3-12-5-7-16-14(19(12)18)9-10-22(16)17-8-6-13(21)11-15(17)20/h2-11H,21H2,1H3. The smallest absolute Gasteiger partial charge is 0.149 e. The van der Waals surface area contributed by atoms with E-state index in [1.807, 2.05) is 47.2 Å². The summed E-state index contributed by atoms with van der Waals surface area (Å²) >= 11 is 0. The average molecular weight is 306 g/mol. The van der Waals surface area contributed by atoms with Gasteiger partial charge in [0.2, 0.25) is 0 Å². The monoisotopic (exact) mass is 306 g/mol. The van der Waals surface area contributed by atoms with Crippen molar-refractivity contribution in [3.05, 3.63) is 66.6 Å². The molecular formula is C19H15FN2O. The molecule has 4 heteroatoms. The first-order valence-corrected chi connectivity index (χ1v) is 7.31. The summed E-state index contributed by atoms with van der Waals surface area (Å²) in [5.74, 6) is 0.464. The number of rotatable bonds is 2.